The lowest BCUT2D eigenvalue weighted by Gasteiger charge is -2.10. The number of ether oxygens (including phenoxy) is 1. The predicted octanol–water partition coefficient (Wildman–Crippen LogP) is 3.53. The molecule has 4 heteroatoms. The molecule has 0 aliphatic carbocycles. The van der Waals surface area contributed by atoms with Gasteiger partial charge in [0, 0.05) is 27.1 Å². The topological polar surface area (TPSA) is 41.6 Å². The van der Waals surface area contributed by atoms with E-state index in [-0.39, 0.29) is 5.91 Å². The molecule has 0 spiro atoms. The molecule has 0 radical (unpaired) electrons. The van der Waals surface area contributed by atoms with Crippen molar-refractivity contribution in [1.29, 1.82) is 0 Å². The molecule has 134 valence electrons. The van der Waals surface area contributed by atoms with E-state index in [2.05, 4.69) is 48.6 Å². The van der Waals surface area contributed by atoms with Crippen molar-refractivity contribution >= 4 is 5.91 Å². The number of hydrogen-bond acceptors (Lipinski definition) is 3. The van der Waals surface area contributed by atoms with E-state index in [4.69, 9.17) is 4.74 Å². The number of benzene rings is 2. The molecule has 2 aromatic carbocycles. The van der Waals surface area contributed by atoms with Crippen LogP contribution >= 0.6 is 0 Å². The second-order valence-corrected chi connectivity index (χ2v) is 6.49. The Kier molecular flexibility index (Phi) is 7.48. The summed E-state index contributed by atoms with van der Waals surface area (Å²) in [6.45, 7) is 4.30. The van der Waals surface area contributed by atoms with Gasteiger partial charge >= 0.3 is 0 Å². The molecule has 0 unspecified atom stereocenters. The molecule has 0 aromatic heterocycles. The van der Waals surface area contributed by atoms with Crippen LogP contribution in [-0.2, 0) is 17.9 Å². The van der Waals surface area contributed by atoms with Gasteiger partial charge in [-0.25, -0.2) is 0 Å². The summed E-state index contributed by atoms with van der Waals surface area (Å²) >= 11 is 0. The normalized spacial score (nSPS) is 10.5. The average Bonchev–Trinajstić information content (AvgIpc) is 2.61. The van der Waals surface area contributed by atoms with Crippen LogP contribution in [0.3, 0.4) is 0 Å². The second-order valence-electron chi connectivity index (χ2n) is 6.49. The van der Waals surface area contributed by atoms with Gasteiger partial charge in [-0.1, -0.05) is 42.0 Å². The van der Waals surface area contributed by atoms with Gasteiger partial charge in [-0.2, -0.15) is 0 Å². The molecule has 0 aliphatic heterocycles. The SMILES string of the molecule is Cc1ccc(COc2ccc(CNCCCC(=O)N(C)C)cc2)cc1. The second kappa shape index (κ2) is 9.84. The number of carbonyl (C=O) groups is 1. The molecule has 2 aromatic rings. The molecule has 0 saturated heterocycles. The minimum absolute atomic E-state index is 0.178. The third-order valence-corrected chi connectivity index (χ3v) is 4.02. The molecule has 4 nitrogen and oxygen atoms in total. The number of nitrogens with one attached hydrogen (secondary N) is 1. The highest BCUT2D eigenvalue weighted by molar-refractivity contribution is 5.75. The third kappa shape index (κ3) is 6.98. The van der Waals surface area contributed by atoms with Crippen molar-refractivity contribution in [3.8, 4) is 5.75 Å². The summed E-state index contributed by atoms with van der Waals surface area (Å²) in [5.41, 5.74) is 3.64. The van der Waals surface area contributed by atoms with Gasteiger partial charge in [0.2, 0.25) is 5.91 Å². The number of hydrogen-bond donors (Lipinski definition) is 1. The lowest BCUT2D eigenvalue weighted by molar-refractivity contribution is -0.128. The highest BCUT2D eigenvalue weighted by Gasteiger charge is 2.02. The fourth-order valence-corrected chi connectivity index (χ4v) is 2.38. The fraction of sp³-hybridized carbons (Fsp3) is 0.381. The Bertz CT molecular complexity index is 649. The summed E-state index contributed by atoms with van der Waals surface area (Å²) in [7, 11) is 3.58. The minimum atomic E-state index is 0.178. The Hall–Kier alpha value is -2.33. The van der Waals surface area contributed by atoms with Gasteiger partial charge in [-0.3, -0.25) is 4.79 Å². The molecule has 0 atom stereocenters. The molecule has 0 fully saturated rings. The average molecular weight is 340 g/mol. The van der Waals surface area contributed by atoms with E-state index >= 15 is 0 Å². The van der Waals surface area contributed by atoms with Crippen LogP contribution in [0.15, 0.2) is 48.5 Å². The first-order valence-corrected chi connectivity index (χ1v) is 8.73. The summed E-state index contributed by atoms with van der Waals surface area (Å²) in [6, 6.07) is 16.5. The standard InChI is InChI=1S/C21H28N2O2/c1-17-6-8-19(9-7-17)16-25-20-12-10-18(11-13-20)15-22-14-4-5-21(24)23(2)3/h6-13,22H,4-5,14-16H2,1-3H3. The summed E-state index contributed by atoms with van der Waals surface area (Å²) in [5, 5.41) is 3.37. The zero-order valence-electron chi connectivity index (χ0n) is 15.4. The first-order chi connectivity index (χ1) is 12.0. The summed E-state index contributed by atoms with van der Waals surface area (Å²) in [5.74, 6) is 1.05. The molecule has 1 amide bonds. The first kappa shape index (κ1) is 19.0. The Balaban J connectivity index is 1.67. The van der Waals surface area contributed by atoms with Crippen molar-refractivity contribution in [2.45, 2.75) is 32.9 Å². The van der Waals surface area contributed by atoms with Crippen LogP contribution in [0.4, 0.5) is 0 Å². The van der Waals surface area contributed by atoms with Gasteiger partial charge in [0.15, 0.2) is 0 Å². The smallest absolute Gasteiger partial charge is 0.222 e. The number of amides is 1. The van der Waals surface area contributed by atoms with Crippen molar-refractivity contribution in [2.24, 2.45) is 0 Å². The molecule has 0 bridgehead atoms. The zero-order valence-corrected chi connectivity index (χ0v) is 15.4. The fourth-order valence-electron chi connectivity index (χ4n) is 2.38. The predicted molar refractivity (Wildman–Crippen MR) is 102 cm³/mol. The molecule has 1 N–H and O–H groups in total. The van der Waals surface area contributed by atoms with Gasteiger partial charge in [0.05, 0.1) is 0 Å². The maximum Gasteiger partial charge on any atom is 0.222 e. The zero-order chi connectivity index (χ0) is 18.1. The third-order valence-electron chi connectivity index (χ3n) is 4.02. The largest absolute Gasteiger partial charge is 0.489 e. The Morgan fingerprint density at radius 3 is 2.28 bits per heavy atom. The number of carbonyl (C=O) groups excluding carboxylic acids is 1. The number of aryl methyl sites for hydroxylation is 1. The van der Waals surface area contributed by atoms with Crippen LogP contribution in [-0.4, -0.2) is 31.4 Å². The molecule has 0 saturated carbocycles. The van der Waals surface area contributed by atoms with Crippen molar-refractivity contribution in [3.63, 3.8) is 0 Å². The monoisotopic (exact) mass is 340 g/mol. The quantitative estimate of drug-likeness (QED) is 0.710. The summed E-state index contributed by atoms with van der Waals surface area (Å²) in [6.07, 6.45) is 1.44. The molecule has 2 rings (SSSR count). The molecular formula is C21H28N2O2. The molecule has 0 aliphatic rings. The van der Waals surface area contributed by atoms with Crippen molar-refractivity contribution < 1.29 is 9.53 Å². The molecule has 25 heavy (non-hydrogen) atoms. The van der Waals surface area contributed by atoms with Crippen LogP contribution in [0.5, 0.6) is 5.75 Å². The van der Waals surface area contributed by atoms with E-state index in [0.717, 1.165) is 25.3 Å². The Labute approximate surface area is 150 Å². The number of rotatable bonds is 9. The maximum absolute atomic E-state index is 11.5. The van der Waals surface area contributed by atoms with E-state index in [0.29, 0.717) is 13.0 Å². The lowest BCUT2D eigenvalue weighted by atomic mass is 10.2. The van der Waals surface area contributed by atoms with Crippen LogP contribution in [0.2, 0.25) is 0 Å². The van der Waals surface area contributed by atoms with Gasteiger partial charge in [0.25, 0.3) is 0 Å². The number of nitrogens with zero attached hydrogens (tertiary/aromatic N) is 1. The highest BCUT2D eigenvalue weighted by Crippen LogP contribution is 2.14. The van der Waals surface area contributed by atoms with Crippen LogP contribution in [0, 0.1) is 6.92 Å². The van der Waals surface area contributed by atoms with E-state index in [9.17, 15) is 4.79 Å². The van der Waals surface area contributed by atoms with Gasteiger partial charge in [-0.05, 0) is 43.1 Å². The van der Waals surface area contributed by atoms with Crippen LogP contribution in [0.1, 0.15) is 29.5 Å². The Morgan fingerprint density at radius 2 is 1.64 bits per heavy atom. The maximum atomic E-state index is 11.5. The van der Waals surface area contributed by atoms with Crippen molar-refractivity contribution in [2.75, 3.05) is 20.6 Å². The van der Waals surface area contributed by atoms with E-state index in [1.54, 1.807) is 19.0 Å². The van der Waals surface area contributed by atoms with Crippen molar-refractivity contribution in [1.82, 2.24) is 10.2 Å². The Morgan fingerprint density at radius 1 is 1.00 bits per heavy atom. The van der Waals surface area contributed by atoms with Crippen LogP contribution < -0.4 is 10.1 Å². The first-order valence-electron chi connectivity index (χ1n) is 8.73. The minimum Gasteiger partial charge on any atom is -0.489 e. The highest BCUT2D eigenvalue weighted by atomic mass is 16.5. The van der Waals surface area contributed by atoms with Gasteiger partial charge in [-0.15, -0.1) is 0 Å². The summed E-state index contributed by atoms with van der Waals surface area (Å²) < 4.78 is 5.82. The van der Waals surface area contributed by atoms with Gasteiger partial charge in [0.1, 0.15) is 12.4 Å². The lowest BCUT2D eigenvalue weighted by Crippen LogP contribution is -2.23. The van der Waals surface area contributed by atoms with E-state index < -0.39 is 0 Å². The van der Waals surface area contributed by atoms with E-state index in [1.807, 2.05) is 12.1 Å². The van der Waals surface area contributed by atoms with Crippen molar-refractivity contribution in [3.05, 3.63) is 65.2 Å². The van der Waals surface area contributed by atoms with E-state index in [1.165, 1.54) is 16.7 Å². The molecular weight excluding hydrogens is 312 g/mol. The van der Waals surface area contributed by atoms with Crippen LogP contribution in [0.25, 0.3) is 0 Å². The van der Waals surface area contributed by atoms with Gasteiger partial charge < -0.3 is 15.0 Å². The summed E-state index contributed by atoms with van der Waals surface area (Å²) in [4.78, 5) is 13.1. The molecule has 0 heterocycles.